The van der Waals surface area contributed by atoms with E-state index in [0.717, 1.165) is 19.6 Å². The molecule has 1 fully saturated rings. The van der Waals surface area contributed by atoms with E-state index in [0.29, 0.717) is 22.2 Å². The van der Waals surface area contributed by atoms with Gasteiger partial charge < -0.3 is 4.90 Å². The van der Waals surface area contributed by atoms with E-state index in [-0.39, 0.29) is 5.91 Å². The number of nitrogens with zero attached hydrogens (tertiary/aromatic N) is 1. The number of hydroxylamine groups is 1. The first kappa shape index (κ1) is 15.6. The third-order valence-electron chi connectivity index (χ3n) is 3.30. The van der Waals surface area contributed by atoms with Crippen molar-refractivity contribution in [3.63, 3.8) is 0 Å². The second-order valence-electron chi connectivity index (χ2n) is 4.81. The molecule has 1 saturated heterocycles. The monoisotopic (exact) mass is 316 g/mol. The van der Waals surface area contributed by atoms with E-state index in [1.54, 1.807) is 12.1 Å². The molecule has 0 aliphatic carbocycles. The zero-order valence-corrected chi connectivity index (χ0v) is 12.7. The molecule has 20 heavy (non-hydrogen) atoms. The molecule has 110 valence electrons. The predicted octanol–water partition coefficient (Wildman–Crippen LogP) is 3.14. The number of carbonyl (C=O) groups is 1. The number of likely N-dealkylation sites (tertiary alicyclic amines) is 1. The van der Waals surface area contributed by atoms with E-state index in [1.807, 2.05) is 0 Å². The van der Waals surface area contributed by atoms with Gasteiger partial charge in [-0.2, -0.15) is 0 Å². The van der Waals surface area contributed by atoms with Crippen LogP contribution >= 0.6 is 23.2 Å². The van der Waals surface area contributed by atoms with Crippen LogP contribution in [0, 0.1) is 0 Å². The Kier molecular flexibility index (Phi) is 6.10. The number of benzene rings is 1. The highest BCUT2D eigenvalue weighted by molar-refractivity contribution is 6.36. The lowest BCUT2D eigenvalue weighted by Crippen LogP contribution is -2.35. The van der Waals surface area contributed by atoms with Crippen molar-refractivity contribution in [3.8, 4) is 0 Å². The lowest BCUT2D eigenvalue weighted by atomic mass is 10.1. The summed E-state index contributed by atoms with van der Waals surface area (Å²) >= 11 is 11.7. The standard InChI is InChI=1S/C14H18Cl2N2O2/c15-11-4-5-12(13(16)10-11)14(19)17-20-9-8-18-6-2-1-3-7-18/h4-5,10H,1-3,6-9H2,(H,17,19). The molecule has 0 unspecified atom stereocenters. The fourth-order valence-corrected chi connectivity index (χ4v) is 2.70. The zero-order chi connectivity index (χ0) is 14.4. The van der Waals surface area contributed by atoms with E-state index >= 15 is 0 Å². The summed E-state index contributed by atoms with van der Waals surface area (Å²) in [6, 6.07) is 4.73. The number of amides is 1. The molecule has 6 heteroatoms. The number of hydrogen-bond acceptors (Lipinski definition) is 3. The molecular formula is C14H18Cl2N2O2. The highest BCUT2D eigenvalue weighted by atomic mass is 35.5. The smallest absolute Gasteiger partial charge is 0.276 e. The molecule has 0 bridgehead atoms. The van der Waals surface area contributed by atoms with Crippen molar-refractivity contribution in [1.82, 2.24) is 10.4 Å². The SMILES string of the molecule is O=C(NOCCN1CCCCC1)c1ccc(Cl)cc1Cl. The number of hydrogen-bond donors (Lipinski definition) is 1. The molecule has 1 aromatic carbocycles. The van der Waals surface area contributed by atoms with Gasteiger partial charge >= 0.3 is 0 Å². The van der Waals surface area contributed by atoms with Crippen LogP contribution in [0.1, 0.15) is 29.6 Å². The van der Waals surface area contributed by atoms with E-state index in [2.05, 4.69) is 10.4 Å². The molecular weight excluding hydrogens is 299 g/mol. The molecule has 4 nitrogen and oxygen atoms in total. The van der Waals surface area contributed by atoms with E-state index < -0.39 is 0 Å². The van der Waals surface area contributed by atoms with Gasteiger partial charge in [0, 0.05) is 11.6 Å². The van der Waals surface area contributed by atoms with Crippen LogP contribution in [0.25, 0.3) is 0 Å². The first-order chi connectivity index (χ1) is 9.66. The molecule has 2 rings (SSSR count). The molecule has 0 radical (unpaired) electrons. The largest absolute Gasteiger partial charge is 0.301 e. The van der Waals surface area contributed by atoms with Gasteiger partial charge in [0.2, 0.25) is 0 Å². The van der Waals surface area contributed by atoms with Gasteiger partial charge in [-0.3, -0.25) is 9.63 Å². The quantitative estimate of drug-likeness (QED) is 0.670. The fraction of sp³-hybridized carbons (Fsp3) is 0.500. The van der Waals surface area contributed by atoms with Crippen molar-refractivity contribution in [2.45, 2.75) is 19.3 Å². The summed E-state index contributed by atoms with van der Waals surface area (Å²) in [6.45, 7) is 3.52. The molecule has 0 atom stereocenters. The minimum absolute atomic E-state index is 0.314. The number of halogens is 2. The summed E-state index contributed by atoms with van der Waals surface area (Å²) in [5.41, 5.74) is 2.76. The van der Waals surface area contributed by atoms with Crippen LogP contribution in [0.4, 0.5) is 0 Å². The first-order valence-electron chi connectivity index (χ1n) is 6.76. The summed E-state index contributed by atoms with van der Waals surface area (Å²) in [5, 5.41) is 0.812. The Morgan fingerprint density at radius 3 is 2.70 bits per heavy atom. The summed E-state index contributed by atoms with van der Waals surface area (Å²) in [7, 11) is 0. The maximum absolute atomic E-state index is 11.9. The Morgan fingerprint density at radius 1 is 1.25 bits per heavy atom. The second-order valence-corrected chi connectivity index (χ2v) is 5.65. The van der Waals surface area contributed by atoms with Gasteiger partial charge in [-0.15, -0.1) is 0 Å². The Hall–Kier alpha value is -0.810. The molecule has 1 N–H and O–H groups in total. The van der Waals surface area contributed by atoms with Gasteiger partial charge in [0.1, 0.15) is 0 Å². The Balaban J connectivity index is 1.72. The molecule has 1 aliphatic rings. The number of rotatable bonds is 5. The average Bonchev–Trinajstić information content (AvgIpc) is 2.44. The van der Waals surface area contributed by atoms with Crippen LogP contribution in [-0.2, 0) is 4.84 Å². The van der Waals surface area contributed by atoms with Crippen molar-refractivity contribution in [1.29, 1.82) is 0 Å². The van der Waals surface area contributed by atoms with Crippen molar-refractivity contribution >= 4 is 29.1 Å². The van der Waals surface area contributed by atoms with Crippen molar-refractivity contribution < 1.29 is 9.63 Å². The minimum Gasteiger partial charge on any atom is -0.301 e. The topological polar surface area (TPSA) is 41.6 Å². The highest BCUT2D eigenvalue weighted by Gasteiger charge is 2.12. The number of nitrogens with one attached hydrogen (secondary N) is 1. The lowest BCUT2D eigenvalue weighted by Gasteiger charge is -2.25. The Morgan fingerprint density at radius 2 is 2.00 bits per heavy atom. The first-order valence-corrected chi connectivity index (χ1v) is 7.52. The fourth-order valence-electron chi connectivity index (χ4n) is 2.20. The van der Waals surface area contributed by atoms with Crippen LogP contribution in [0.15, 0.2) is 18.2 Å². The normalized spacial score (nSPS) is 16.1. The van der Waals surface area contributed by atoms with Gasteiger partial charge in [-0.25, -0.2) is 5.48 Å². The molecule has 0 saturated carbocycles. The highest BCUT2D eigenvalue weighted by Crippen LogP contribution is 2.20. The second kappa shape index (κ2) is 7.84. The summed E-state index contributed by atoms with van der Waals surface area (Å²) in [6.07, 6.45) is 3.79. The molecule has 1 heterocycles. The average molecular weight is 317 g/mol. The van der Waals surface area contributed by atoms with Crippen LogP contribution in [0.2, 0.25) is 10.0 Å². The molecule has 0 aromatic heterocycles. The van der Waals surface area contributed by atoms with Crippen molar-refractivity contribution in [2.75, 3.05) is 26.2 Å². The number of carbonyl (C=O) groups excluding carboxylic acids is 1. The van der Waals surface area contributed by atoms with E-state index in [1.165, 1.54) is 25.3 Å². The van der Waals surface area contributed by atoms with Gasteiger partial charge in [-0.1, -0.05) is 29.6 Å². The number of piperidine rings is 1. The lowest BCUT2D eigenvalue weighted by molar-refractivity contribution is 0.0206. The van der Waals surface area contributed by atoms with Crippen LogP contribution < -0.4 is 5.48 Å². The summed E-state index contributed by atoms with van der Waals surface area (Å²) in [4.78, 5) is 19.4. The van der Waals surface area contributed by atoms with Gasteiger partial charge in [-0.05, 0) is 44.1 Å². The maximum Gasteiger partial charge on any atom is 0.276 e. The van der Waals surface area contributed by atoms with Gasteiger partial charge in [0.25, 0.3) is 5.91 Å². The third kappa shape index (κ3) is 4.63. The molecule has 0 spiro atoms. The Labute approximate surface area is 128 Å². The van der Waals surface area contributed by atoms with Crippen LogP contribution in [-0.4, -0.2) is 37.0 Å². The summed E-state index contributed by atoms with van der Waals surface area (Å²) in [5.74, 6) is -0.356. The van der Waals surface area contributed by atoms with Crippen LogP contribution in [0.5, 0.6) is 0 Å². The Bertz CT molecular complexity index is 462. The zero-order valence-electron chi connectivity index (χ0n) is 11.2. The van der Waals surface area contributed by atoms with Crippen LogP contribution in [0.3, 0.4) is 0 Å². The molecule has 1 amide bonds. The van der Waals surface area contributed by atoms with Gasteiger partial charge in [0.15, 0.2) is 0 Å². The van der Waals surface area contributed by atoms with Crippen molar-refractivity contribution in [2.24, 2.45) is 0 Å². The third-order valence-corrected chi connectivity index (χ3v) is 3.85. The van der Waals surface area contributed by atoms with Crippen molar-refractivity contribution in [3.05, 3.63) is 33.8 Å². The van der Waals surface area contributed by atoms with Gasteiger partial charge in [0.05, 0.1) is 17.2 Å². The minimum atomic E-state index is -0.356. The summed E-state index contributed by atoms with van der Waals surface area (Å²) < 4.78 is 0. The molecule has 1 aliphatic heterocycles. The van der Waals surface area contributed by atoms with E-state index in [9.17, 15) is 4.79 Å². The van der Waals surface area contributed by atoms with E-state index in [4.69, 9.17) is 28.0 Å². The maximum atomic E-state index is 11.9. The predicted molar refractivity (Wildman–Crippen MR) is 80.2 cm³/mol. The molecule has 1 aromatic rings.